The van der Waals surface area contributed by atoms with Gasteiger partial charge in [0.15, 0.2) is 6.61 Å². The van der Waals surface area contributed by atoms with Crippen LogP contribution in [0.5, 0.6) is 0 Å². The van der Waals surface area contributed by atoms with Gasteiger partial charge >= 0.3 is 5.97 Å². The van der Waals surface area contributed by atoms with Crippen molar-refractivity contribution in [3.8, 4) is 0 Å². The summed E-state index contributed by atoms with van der Waals surface area (Å²) in [6.07, 6.45) is 1.62. The van der Waals surface area contributed by atoms with Crippen LogP contribution in [-0.2, 0) is 27.3 Å². The first kappa shape index (κ1) is 21.8. The zero-order valence-electron chi connectivity index (χ0n) is 17.5. The number of nitrogens with zero attached hydrogens (tertiary/aromatic N) is 1. The summed E-state index contributed by atoms with van der Waals surface area (Å²) in [7, 11) is 1.54. The van der Waals surface area contributed by atoms with E-state index in [1.54, 1.807) is 36.4 Å². The van der Waals surface area contributed by atoms with Crippen molar-refractivity contribution >= 4 is 23.5 Å². The van der Waals surface area contributed by atoms with E-state index in [0.29, 0.717) is 17.0 Å². The highest BCUT2D eigenvalue weighted by atomic mass is 16.5. The molecule has 160 valence electrons. The van der Waals surface area contributed by atoms with Gasteiger partial charge in [-0.25, -0.2) is 0 Å². The third-order valence-electron chi connectivity index (χ3n) is 4.84. The fourth-order valence-electron chi connectivity index (χ4n) is 3.02. The molecule has 2 aromatic carbocycles. The van der Waals surface area contributed by atoms with Crippen molar-refractivity contribution in [3.63, 3.8) is 0 Å². The van der Waals surface area contributed by atoms with Crippen LogP contribution >= 0.6 is 0 Å². The van der Waals surface area contributed by atoms with Gasteiger partial charge in [-0.1, -0.05) is 36.4 Å². The Bertz CT molecular complexity index is 1060. The van der Waals surface area contributed by atoms with Gasteiger partial charge in [-0.05, 0) is 42.3 Å². The van der Waals surface area contributed by atoms with E-state index in [0.717, 1.165) is 11.1 Å². The van der Waals surface area contributed by atoms with Gasteiger partial charge in [-0.15, -0.1) is 0 Å². The molecule has 3 aromatic rings. The number of nitrogens with one attached hydrogen (secondary N) is 1. The number of amides is 2. The smallest absolute Gasteiger partial charge is 0.310 e. The summed E-state index contributed by atoms with van der Waals surface area (Å²) in [6.45, 7) is 1.73. The van der Waals surface area contributed by atoms with Crippen molar-refractivity contribution in [2.45, 2.75) is 19.9 Å². The lowest BCUT2D eigenvalue weighted by atomic mass is 10.1. The van der Waals surface area contributed by atoms with E-state index in [9.17, 15) is 14.4 Å². The first-order valence-corrected chi connectivity index (χ1v) is 9.82. The second-order valence-electron chi connectivity index (χ2n) is 7.00. The lowest BCUT2D eigenvalue weighted by Crippen LogP contribution is -2.33. The Balaban J connectivity index is 1.59. The number of para-hydroxylation sites is 1. The highest BCUT2D eigenvalue weighted by Crippen LogP contribution is 2.20. The van der Waals surface area contributed by atoms with Crippen LogP contribution < -0.4 is 10.2 Å². The first-order valence-electron chi connectivity index (χ1n) is 9.82. The lowest BCUT2D eigenvalue weighted by Gasteiger charge is -2.20. The second kappa shape index (κ2) is 10.2. The predicted molar refractivity (Wildman–Crippen MR) is 116 cm³/mol. The average Bonchev–Trinajstić information content (AvgIpc) is 3.30. The molecule has 3 rings (SSSR count). The van der Waals surface area contributed by atoms with Crippen molar-refractivity contribution < 1.29 is 23.5 Å². The Morgan fingerprint density at radius 3 is 2.48 bits per heavy atom. The number of rotatable bonds is 8. The lowest BCUT2D eigenvalue weighted by molar-refractivity contribution is -0.147. The van der Waals surface area contributed by atoms with E-state index in [1.807, 2.05) is 31.2 Å². The molecule has 2 amide bonds. The van der Waals surface area contributed by atoms with Crippen LogP contribution in [0.3, 0.4) is 0 Å². The maximum Gasteiger partial charge on any atom is 0.310 e. The molecule has 31 heavy (non-hydrogen) atoms. The van der Waals surface area contributed by atoms with Crippen LogP contribution in [0.25, 0.3) is 0 Å². The van der Waals surface area contributed by atoms with E-state index in [-0.39, 0.29) is 18.9 Å². The van der Waals surface area contributed by atoms with Gasteiger partial charge in [0.1, 0.15) is 5.76 Å². The number of ether oxygens (including phenoxy) is 1. The molecule has 1 aromatic heterocycles. The number of carbonyl (C=O) groups excluding carboxylic acids is 3. The van der Waals surface area contributed by atoms with E-state index >= 15 is 0 Å². The van der Waals surface area contributed by atoms with Gasteiger partial charge < -0.3 is 19.4 Å². The minimum atomic E-state index is -0.486. The number of benzene rings is 2. The summed E-state index contributed by atoms with van der Waals surface area (Å²) in [5.41, 5.74) is 2.58. The molecule has 0 aliphatic carbocycles. The summed E-state index contributed by atoms with van der Waals surface area (Å²) < 4.78 is 10.4. The van der Waals surface area contributed by atoms with Crippen LogP contribution in [0, 0.1) is 6.92 Å². The molecule has 0 fully saturated rings. The molecule has 0 saturated heterocycles. The molecule has 7 nitrogen and oxygen atoms in total. The fraction of sp³-hybridized carbons (Fsp3) is 0.208. The summed E-state index contributed by atoms with van der Waals surface area (Å²) in [5.74, 6) is -0.649. The Hall–Kier alpha value is -3.87. The molecular weight excluding hydrogens is 396 g/mol. The SMILES string of the molecule is Cc1ccccc1CC(=O)OCC(=O)N(C)c1ccccc1C(=O)NCc1ccco1. The van der Waals surface area contributed by atoms with Gasteiger partial charge in [0, 0.05) is 7.05 Å². The van der Waals surface area contributed by atoms with E-state index in [1.165, 1.54) is 18.2 Å². The molecule has 0 spiro atoms. The molecule has 0 atom stereocenters. The summed E-state index contributed by atoms with van der Waals surface area (Å²) >= 11 is 0. The Labute approximate surface area is 180 Å². The molecule has 0 radical (unpaired) electrons. The molecule has 0 saturated carbocycles. The zero-order chi connectivity index (χ0) is 22.2. The molecular formula is C24H24N2O5. The largest absolute Gasteiger partial charge is 0.467 e. The number of furan rings is 1. The zero-order valence-corrected chi connectivity index (χ0v) is 17.5. The number of carbonyl (C=O) groups is 3. The summed E-state index contributed by atoms with van der Waals surface area (Å²) in [6, 6.07) is 17.7. The molecule has 1 N–H and O–H groups in total. The van der Waals surface area contributed by atoms with Gasteiger partial charge in [-0.2, -0.15) is 0 Å². The van der Waals surface area contributed by atoms with E-state index in [2.05, 4.69) is 5.32 Å². The van der Waals surface area contributed by atoms with Crippen LogP contribution in [-0.4, -0.2) is 31.4 Å². The number of esters is 1. The third kappa shape index (κ3) is 5.82. The Kier molecular flexibility index (Phi) is 7.22. The number of aryl methyl sites for hydroxylation is 1. The van der Waals surface area contributed by atoms with E-state index < -0.39 is 18.5 Å². The highest BCUT2D eigenvalue weighted by molar-refractivity contribution is 6.05. The van der Waals surface area contributed by atoms with Crippen molar-refractivity contribution in [2.24, 2.45) is 0 Å². The van der Waals surface area contributed by atoms with Gasteiger partial charge in [0.25, 0.3) is 11.8 Å². The molecule has 0 aliphatic rings. The van der Waals surface area contributed by atoms with Gasteiger partial charge in [-0.3, -0.25) is 14.4 Å². The van der Waals surface area contributed by atoms with Gasteiger partial charge in [0.2, 0.25) is 0 Å². The number of hydrogen-bond acceptors (Lipinski definition) is 5. The van der Waals surface area contributed by atoms with Crippen LogP contribution in [0.2, 0.25) is 0 Å². The average molecular weight is 420 g/mol. The van der Waals surface area contributed by atoms with E-state index in [4.69, 9.17) is 9.15 Å². The summed E-state index contributed by atoms with van der Waals surface area (Å²) in [5, 5.41) is 2.76. The molecule has 1 heterocycles. The van der Waals surface area contributed by atoms with Gasteiger partial charge in [0.05, 0.1) is 30.5 Å². The highest BCUT2D eigenvalue weighted by Gasteiger charge is 2.20. The predicted octanol–water partition coefficient (Wildman–Crippen LogP) is 3.27. The monoisotopic (exact) mass is 420 g/mol. The number of anilines is 1. The number of likely N-dealkylation sites (N-methyl/N-ethyl adjacent to an activating group) is 1. The minimum absolute atomic E-state index is 0.0927. The molecule has 0 bridgehead atoms. The quantitative estimate of drug-likeness (QED) is 0.565. The van der Waals surface area contributed by atoms with Crippen molar-refractivity contribution in [2.75, 3.05) is 18.6 Å². The van der Waals surface area contributed by atoms with Crippen molar-refractivity contribution in [3.05, 3.63) is 89.4 Å². The van der Waals surface area contributed by atoms with Crippen LogP contribution in [0.4, 0.5) is 5.69 Å². The topological polar surface area (TPSA) is 88.9 Å². The fourth-order valence-corrected chi connectivity index (χ4v) is 3.02. The Morgan fingerprint density at radius 2 is 1.74 bits per heavy atom. The summed E-state index contributed by atoms with van der Waals surface area (Å²) in [4.78, 5) is 38.6. The van der Waals surface area contributed by atoms with Crippen molar-refractivity contribution in [1.82, 2.24) is 5.32 Å². The minimum Gasteiger partial charge on any atom is -0.467 e. The van der Waals surface area contributed by atoms with Crippen LogP contribution in [0.15, 0.2) is 71.3 Å². The standard InChI is InChI=1S/C24H24N2O5/c1-17-8-3-4-9-18(17)14-23(28)31-16-22(27)26(2)21-12-6-5-11-20(21)24(29)25-15-19-10-7-13-30-19/h3-13H,14-16H2,1-2H3,(H,25,29). The van der Waals surface area contributed by atoms with Crippen molar-refractivity contribution in [1.29, 1.82) is 0 Å². The third-order valence-corrected chi connectivity index (χ3v) is 4.84. The molecule has 0 aliphatic heterocycles. The maximum absolute atomic E-state index is 12.6. The first-order chi connectivity index (χ1) is 15.0. The number of hydrogen-bond donors (Lipinski definition) is 1. The van der Waals surface area contributed by atoms with Crippen LogP contribution in [0.1, 0.15) is 27.2 Å². The second-order valence-corrected chi connectivity index (χ2v) is 7.00. The molecule has 7 heteroatoms. The normalized spacial score (nSPS) is 10.4. The maximum atomic E-state index is 12.6. The molecule has 0 unspecified atom stereocenters. The Morgan fingerprint density at radius 1 is 1.00 bits per heavy atom.